The van der Waals surface area contributed by atoms with Crippen molar-refractivity contribution in [3.8, 4) is 0 Å². The molecule has 5 nitrogen and oxygen atoms in total. The van der Waals surface area contributed by atoms with Gasteiger partial charge in [0.05, 0.1) is 6.33 Å². The van der Waals surface area contributed by atoms with Gasteiger partial charge in [-0.2, -0.15) is 0 Å². The van der Waals surface area contributed by atoms with Gasteiger partial charge in [-0.3, -0.25) is 4.79 Å². The van der Waals surface area contributed by atoms with Gasteiger partial charge < -0.3 is 14.8 Å². The van der Waals surface area contributed by atoms with Crippen molar-refractivity contribution in [2.24, 2.45) is 12.5 Å². The summed E-state index contributed by atoms with van der Waals surface area (Å²) in [5.74, 6) is 0.150. The van der Waals surface area contributed by atoms with Crippen molar-refractivity contribution in [3.05, 3.63) is 18.2 Å². The Hall–Kier alpha value is -1.36. The fourth-order valence-electron chi connectivity index (χ4n) is 4.36. The van der Waals surface area contributed by atoms with E-state index in [1.807, 2.05) is 17.8 Å². The first-order chi connectivity index (χ1) is 11.7. The molecule has 0 aromatic carbocycles. The Morgan fingerprint density at radius 2 is 1.96 bits per heavy atom. The zero-order valence-electron chi connectivity index (χ0n) is 15.1. The van der Waals surface area contributed by atoms with Crippen LogP contribution in [0.3, 0.4) is 0 Å². The maximum Gasteiger partial charge on any atom is 0.220 e. The van der Waals surface area contributed by atoms with Crippen LogP contribution in [-0.4, -0.2) is 46.5 Å². The minimum atomic E-state index is 0.150. The lowest BCUT2D eigenvalue weighted by atomic mass is 9.68. The van der Waals surface area contributed by atoms with E-state index < -0.39 is 0 Å². The highest BCUT2D eigenvalue weighted by molar-refractivity contribution is 5.76. The Morgan fingerprint density at radius 3 is 2.62 bits per heavy atom. The number of imidazole rings is 1. The molecule has 1 N–H and O–H groups in total. The number of aromatic nitrogens is 2. The van der Waals surface area contributed by atoms with Crippen molar-refractivity contribution >= 4 is 5.91 Å². The van der Waals surface area contributed by atoms with Crippen LogP contribution in [-0.2, 0) is 18.3 Å². The van der Waals surface area contributed by atoms with Gasteiger partial charge in [0.2, 0.25) is 5.91 Å². The quantitative estimate of drug-likeness (QED) is 0.871. The molecule has 24 heavy (non-hydrogen) atoms. The lowest BCUT2D eigenvalue weighted by Crippen LogP contribution is -2.44. The Kier molecular flexibility index (Phi) is 5.93. The molecular weight excluding hydrogens is 300 g/mol. The molecule has 1 saturated heterocycles. The van der Waals surface area contributed by atoms with Gasteiger partial charge in [-0.1, -0.05) is 19.3 Å². The van der Waals surface area contributed by atoms with Crippen molar-refractivity contribution in [1.82, 2.24) is 19.8 Å². The van der Waals surface area contributed by atoms with Crippen molar-refractivity contribution in [3.63, 3.8) is 0 Å². The minimum absolute atomic E-state index is 0.150. The predicted molar refractivity (Wildman–Crippen MR) is 95.7 cm³/mol. The first-order valence-corrected chi connectivity index (χ1v) is 9.61. The summed E-state index contributed by atoms with van der Waals surface area (Å²) in [7, 11) is 1.97. The fourth-order valence-corrected chi connectivity index (χ4v) is 4.36. The number of nitrogens with zero attached hydrogens (tertiary/aromatic N) is 3. The summed E-state index contributed by atoms with van der Waals surface area (Å²) in [5.41, 5.74) is 1.78. The molecule has 2 heterocycles. The van der Waals surface area contributed by atoms with E-state index in [0.29, 0.717) is 11.8 Å². The zero-order chi connectivity index (χ0) is 16.8. The molecule has 0 bridgehead atoms. The number of carbonyl (C=O) groups excluding carboxylic acids is 1. The number of likely N-dealkylation sites (tertiary alicyclic amines) is 1. The summed E-state index contributed by atoms with van der Waals surface area (Å²) >= 11 is 0. The van der Waals surface area contributed by atoms with Crippen LogP contribution < -0.4 is 5.32 Å². The van der Waals surface area contributed by atoms with Crippen molar-refractivity contribution < 1.29 is 4.79 Å². The SMILES string of the molecule is Cn1cncc1CCC(=O)NCCN1CCC2(CCCCC2)CC1. The monoisotopic (exact) mass is 332 g/mol. The highest BCUT2D eigenvalue weighted by Crippen LogP contribution is 2.44. The summed E-state index contributed by atoms with van der Waals surface area (Å²) in [6.07, 6.45) is 14.9. The van der Waals surface area contributed by atoms with Gasteiger partial charge in [-0.15, -0.1) is 0 Å². The first-order valence-electron chi connectivity index (χ1n) is 9.61. The molecular formula is C19H32N4O. The number of rotatable bonds is 6. The topological polar surface area (TPSA) is 50.2 Å². The van der Waals surface area contributed by atoms with Crippen LogP contribution in [0.25, 0.3) is 0 Å². The Bertz CT molecular complexity index is 523. The second-order valence-electron chi connectivity index (χ2n) is 7.75. The Labute approximate surface area is 145 Å². The van der Waals surface area contributed by atoms with E-state index >= 15 is 0 Å². The van der Waals surface area contributed by atoms with E-state index in [-0.39, 0.29) is 5.91 Å². The van der Waals surface area contributed by atoms with E-state index in [0.717, 1.165) is 25.2 Å². The predicted octanol–water partition coefficient (Wildman–Crippen LogP) is 2.52. The van der Waals surface area contributed by atoms with Crippen molar-refractivity contribution in [2.45, 2.75) is 57.8 Å². The summed E-state index contributed by atoms with van der Waals surface area (Å²) in [6, 6.07) is 0. The number of hydrogen-bond acceptors (Lipinski definition) is 3. The van der Waals surface area contributed by atoms with Gasteiger partial charge in [0.25, 0.3) is 0 Å². The summed E-state index contributed by atoms with van der Waals surface area (Å²) < 4.78 is 1.97. The highest BCUT2D eigenvalue weighted by Gasteiger charge is 2.35. The van der Waals surface area contributed by atoms with Crippen molar-refractivity contribution in [1.29, 1.82) is 0 Å². The second-order valence-corrected chi connectivity index (χ2v) is 7.75. The first kappa shape index (κ1) is 17.5. The van der Waals surface area contributed by atoms with Gasteiger partial charge in [0, 0.05) is 38.4 Å². The molecule has 2 aliphatic rings. The van der Waals surface area contributed by atoms with Gasteiger partial charge in [0.1, 0.15) is 0 Å². The van der Waals surface area contributed by atoms with Crippen LogP contribution in [0.2, 0.25) is 0 Å². The van der Waals surface area contributed by atoms with Gasteiger partial charge in [0.15, 0.2) is 0 Å². The molecule has 0 atom stereocenters. The van der Waals surface area contributed by atoms with Crippen LogP contribution in [0.4, 0.5) is 0 Å². The normalized spacial score (nSPS) is 21.0. The van der Waals surface area contributed by atoms with E-state index in [9.17, 15) is 4.79 Å². The average molecular weight is 332 g/mol. The average Bonchev–Trinajstić information content (AvgIpc) is 3.01. The van der Waals surface area contributed by atoms with E-state index in [4.69, 9.17) is 0 Å². The van der Waals surface area contributed by atoms with Crippen LogP contribution >= 0.6 is 0 Å². The number of carbonyl (C=O) groups is 1. The number of piperidine rings is 1. The van der Waals surface area contributed by atoms with Crippen LogP contribution in [0.1, 0.15) is 57.1 Å². The van der Waals surface area contributed by atoms with Crippen LogP contribution in [0.15, 0.2) is 12.5 Å². The molecule has 0 unspecified atom stereocenters. The third-order valence-corrected chi connectivity index (χ3v) is 6.11. The fraction of sp³-hybridized carbons (Fsp3) is 0.789. The summed E-state index contributed by atoms with van der Waals surface area (Å²) in [6.45, 7) is 4.19. The molecule has 1 aliphatic carbocycles. The Morgan fingerprint density at radius 1 is 1.21 bits per heavy atom. The van der Waals surface area contributed by atoms with E-state index in [1.54, 1.807) is 6.33 Å². The van der Waals surface area contributed by atoms with E-state index in [2.05, 4.69) is 15.2 Å². The lowest BCUT2D eigenvalue weighted by Gasteiger charge is -2.44. The molecule has 1 aromatic rings. The van der Waals surface area contributed by atoms with Gasteiger partial charge in [-0.05, 0) is 50.6 Å². The highest BCUT2D eigenvalue weighted by atomic mass is 16.1. The maximum absolute atomic E-state index is 12.0. The minimum Gasteiger partial charge on any atom is -0.355 e. The second kappa shape index (κ2) is 8.15. The molecule has 1 saturated carbocycles. The molecule has 1 amide bonds. The van der Waals surface area contributed by atoms with Gasteiger partial charge in [-0.25, -0.2) is 4.98 Å². The molecule has 0 radical (unpaired) electrons. The van der Waals surface area contributed by atoms with Gasteiger partial charge >= 0.3 is 0 Å². The molecule has 2 fully saturated rings. The number of aryl methyl sites for hydroxylation is 2. The van der Waals surface area contributed by atoms with Crippen molar-refractivity contribution in [2.75, 3.05) is 26.2 Å². The van der Waals surface area contributed by atoms with Crippen LogP contribution in [0.5, 0.6) is 0 Å². The Balaban J connectivity index is 1.29. The molecule has 134 valence electrons. The number of amides is 1. The number of nitrogens with one attached hydrogen (secondary N) is 1. The third kappa shape index (κ3) is 4.59. The van der Waals surface area contributed by atoms with Crippen LogP contribution in [0, 0.1) is 5.41 Å². The smallest absolute Gasteiger partial charge is 0.220 e. The maximum atomic E-state index is 12.0. The largest absolute Gasteiger partial charge is 0.355 e. The lowest BCUT2D eigenvalue weighted by molar-refractivity contribution is -0.121. The molecule has 1 aliphatic heterocycles. The molecule has 5 heteroatoms. The zero-order valence-corrected chi connectivity index (χ0v) is 15.1. The third-order valence-electron chi connectivity index (χ3n) is 6.11. The molecule has 3 rings (SSSR count). The van der Waals surface area contributed by atoms with E-state index in [1.165, 1.54) is 58.0 Å². The summed E-state index contributed by atoms with van der Waals surface area (Å²) in [5, 5.41) is 3.07. The summed E-state index contributed by atoms with van der Waals surface area (Å²) in [4.78, 5) is 18.6. The molecule has 1 spiro atoms. The molecule has 1 aromatic heterocycles. The standard InChI is InChI=1S/C19H32N4O/c1-22-16-20-15-17(22)5-6-18(24)21-11-14-23-12-9-19(10-13-23)7-3-2-4-8-19/h15-16H,2-14H2,1H3,(H,21,24). The number of hydrogen-bond donors (Lipinski definition) is 1.